The number of fused-ring (bicyclic) bond motifs is 1. The lowest BCUT2D eigenvalue weighted by atomic mass is 10.1. The van der Waals surface area contributed by atoms with E-state index in [9.17, 15) is 14.7 Å². The Morgan fingerprint density at radius 1 is 1.27 bits per heavy atom. The summed E-state index contributed by atoms with van der Waals surface area (Å²) in [6, 6.07) is 6.58. The molecule has 1 amide bonds. The Morgan fingerprint density at radius 2 is 2.00 bits per heavy atom. The molecule has 3 aromatic rings. The zero-order valence-electron chi connectivity index (χ0n) is 10.8. The minimum absolute atomic E-state index is 0.00525. The molecule has 0 saturated heterocycles. The second-order valence-electron chi connectivity index (χ2n) is 4.47. The zero-order chi connectivity index (χ0) is 16.0. The lowest BCUT2D eigenvalue weighted by Gasteiger charge is -2.00. The van der Waals surface area contributed by atoms with Gasteiger partial charge in [0.15, 0.2) is 10.4 Å². The quantitative estimate of drug-likeness (QED) is 0.662. The number of primary amides is 1. The van der Waals surface area contributed by atoms with Gasteiger partial charge in [0.05, 0.1) is 11.1 Å². The molecular formula is C14H8BrClN2O4. The number of furan rings is 1. The smallest absolute Gasteiger partial charge is 0.326 e. The molecule has 1 aromatic carbocycles. The molecule has 0 atom stereocenters. The van der Waals surface area contributed by atoms with Crippen LogP contribution < -0.4 is 5.73 Å². The maximum absolute atomic E-state index is 12.6. The number of carbonyl (C=O) groups excluding carboxylic acids is 2. The summed E-state index contributed by atoms with van der Waals surface area (Å²) in [6.45, 7) is 0. The number of hydrogen-bond acceptors (Lipinski definition) is 4. The van der Waals surface area contributed by atoms with Gasteiger partial charge in [-0.15, -0.1) is 0 Å². The summed E-state index contributed by atoms with van der Waals surface area (Å²) in [4.78, 5) is 24.1. The summed E-state index contributed by atoms with van der Waals surface area (Å²) in [7, 11) is 0. The number of benzene rings is 1. The molecule has 0 unspecified atom stereocenters. The molecule has 0 radical (unpaired) electrons. The fourth-order valence-electron chi connectivity index (χ4n) is 2.26. The van der Waals surface area contributed by atoms with Gasteiger partial charge < -0.3 is 15.3 Å². The Balaban J connectivity index is 2.33. The normalized spacial score (nSPS) is 11.0. The van der Waals surface area contributed by atoms with Gasteiger partial charge in [0, 0.05) is 10.4 Å². The molecule has 0 aliphatic carbocycles. The molecule has 22 heavy (non-hydrogen) atoms. The van der Waals surface area contributed by atoms with Crippen LogP contribution in [0.25, 0.3) is 10.9 Å². The zero-order valence-corrected chi connectivity index (χ0v) is 13.2. The summed E-state index contributed by atoms with van der Waals surface area (Å²) in [5.41, 5.74) is 5.45. The van der Waals surface area contributed by atoms with Crippen LogP contribution >= 0.6 is 27.5 Å². The first-order valence-electron chi connectivity index (χ1n) is 6.03. The van der Waals surface area contributed by atoms with E-state index in [2.05, 4.69) is 15.9 Å². The second-order valence-corrected chi connectivity index (χ2v) is 5.68. The van der Waals surface area contributed by atoms with Crippen molar-refractivity contribution < 1.29 is 19.1 Å². The molecule has 2 heterocycles. The number of nitrogens with zero attached hydrogens (tertiary/aromatic N) is 1. The predicted octanol–water partition coefficient (Wildman–Crippen LogP) is 3.51. The van der Waals surface area contributed by atoms with E-state index in [1.54, 1.807) is 6.07 Å². The average Bonchev–Trinajstić information content (AvgIpc) is 2.98. The Hall–Kier alpha value is -2.25. The fourth-order valence-corrected chi connectivity index (χ4v) is 2.73. The Bertz CT molecular complexity index is 928. The number of hydrogen-bond donors (Lipinski definition) is 2. The van der Waals surface area contributed by atoms with E-state index in [0.29, 0.717) is 15.1 Å². The number of aromatic nitrogens is 1. The molecule has 0 aliphatic heterocycles. The van der Waals surface area contributed by atoms with Crippen LogP contribution in [0.5, 0.6) is 5.88 Å². The van der Waals surface area contributed by atoms with Crippen LogP contribution in [0.3, 0.4) is 0 Å². The molecule has 8 heteroatoms. The lowest BCUT2D eigenvalue weighted by molar-refractivity contribution is 0.101. The topological polar surface area (TPSA) is 98.5 Å². The molecule has 6 nitrogen and oxygen atoms in total. The number of nitrogens with two attached hydrogens (primary N) is 1. The van der Waals surface area contributed by atoms with Crippen LogP contribution in [0.2, 0.25) is 5.02 Å². The highest BCUT2D eigenvalue weighted by atomic mass is 79.9. The molecule has 0 spiro atoms. The summed E-state index contributed by atoms with van der Waals surface area (Å²) >= 11 is 9.04. The minimum Gasteiger partial charge on any atom is -0.494 e. The Kier molecular flexibility index (Phi) is 3.46. The van der Waals surface area contributed by atoms with Crippen molar-refractivity contribution in [3.05, 3.63) is 51.3 Å². The van der Waals surface area contributed by atoms with Crippen LogP contribution in [-0.4, -0.2) is 21.5 Å². The monoisotopic (exact) mass is 382 g/mol. The molecule has 112 valence electrons. The number of ketones is 1. The third-order valence-corrected chi connectivity index (χ3v) is 3.81. The Labute approximate surface area is 137 Å². The summed E-state index contributed by atoms with van der Waals surface area (Å²) in [5, 5.41) is 10.9. The van der Waals surface area contributed by atoms with Crippen molar-refractivity contribution in [3.8, 4) is 5.88 Å². The first-order chi connectivity index (χ1) is 10.4. The number of amides is 1. The van der Waals surface area contributed by atoms with Gasteiger partial charge in [-0.2, -0.15) is 0 Å². The van der Waals surface area contributed by atoms with Crippen LogP contribution in [0.15, 0.2) is 39.4 Å². The van der Waals surface area contributed by atoms with E-state index in [4.69, 9.17) is 21.8 Å². The third-order valence-electron chi connectivity index (χ3n) is 3.15. The van der Waals surface area contributed by atoms with Gasteiger partial charge in [0.25, 0.3) is 0 Å². The average molecular weight is 384 g/mol. The van der Waals surface area contributed by atoms with E-state index < -0.39 is 17.7 Å². The molecule has 0 bridgehead atoms. The van der Waals surface area contributed by atoms with Crippen molar-refractivity contribution in [1.29, 1.82) is 0 Å². The van der Waals surface area contributed by atoms with Gasteiger partial charge in [0.2, 0.25) is 11.7 Å². The van der Waals surface area contributed by atoms with Gasteiger partial charge in [-0.25, -0.2) is 9.36 Å². The second kappa shape index (κ2) is 5.19. The van der Waals surface area contributed by atoms with Crippen molar-refractivity contribution in [2.75, 3.05) is 0 Å². The molecular weight excluding hydrogens is 376 g/mol. The van der Waals surface area contributed by atoms with E-state index >= 15 is 0 Å². The van der Waals surface area contributed by atoms with Gasteiger partial charge in [-0.3, -0.25) is 4.79 Å². The highest BCUT2D eigenvalue weighted by Crippen LogP contribution is 2.35. The van der Waals surface area contributed by atoms with Gasteiger partial charge >= 0.3 is 6.03 Å². The first-order valence-corrected chi connectivity index (χ1v) is 7.20. The first kappa shape index (κ1) is 14.7. The predicted molar refractivity (Wildman–Crippen MR) is 83.4 cm³/mol. The minimum atomic E-state index is -0.913. The molecule has 0 aliphatic rings. The highest BCUT2D eigenvalue weighted by Gasteiger charge is 2.27. The molecule has 0 fully saturated rings. The van der Waals surface area contributed by atoms with Gasteiger partial charge in [-0.05, 0) is 46.3 Å². The number of rotatable bonds is 2. The molecule has 3 rings (SSSR count). The Morgan fingerprint density at radius 3 is 2.59 bits per heavy atom. The van der Waals surface area contributed by atoms with Crippen molar-refractivity contribution in [1.82, 2.24) is 4.57 Å². The van der Waals surface area contributed by atoms with Crippen LogP contribution in [0.4, 0.5) is 4.79 Å². The van der Waals surface area contributed by atoms with Gasteiger partial charge in [0.1, 0.15) is 0 Å². The van der Waals surface area contributed by atoms with Crippen LogP contribution in [0.1, 0.15) is 16.1 Å². The number of halogens is 2. The van der Waals surface area contributed by atoms with Crippen molar-refractivity contribution in [2.45, 2.75) is 0 Å². The summed E-state index contributed by atoms with van der Waals surface area (Å²) in [6.07, 6.45) is 0. The van der Waals surface area contributed by atoms with Crippen LogP contribution in [0, 0.1) is 0 Å². The van der Waals surface area contributed by atoms with E-state index in [0.717, 1.165) is 4.57 Å². The molecule has 2 aromatic heterocycles. The summed E-state index contributed by atoms with van der Waals surface area (Å²) < 4.78 is 6.41. The SMILES string of the molecule is NC(=O)n1c(O)c(C(=O)c2ccc(Br)o2)c2cc(Cl)ccc21. The maximum atomic E-state index is 12.6. The molecule has 0 saturated carbocycles. The van der Waals surface area contributed by atoms with Crippen molar-refractivity contribution >= 4 is 50.2 Å². The molecule has 3 N–H and O–H groups in total. The number of aromatic hydroxyl groups is 1. The standard InChI is InChI=1S/C14H8BrClN2O4/c15-10-4-3-9(22-10)12(19)11-7-5-6(16)1-2-8(7)18(13(11)20)14(17)21/h1-5,20H,(H2,17,21). The largest absolute Gasteiger partial charge is 0.494 e. The van der Waals surface area contributed by atoms with Crippen LogP contribution in [-0.2, 0) is 0 Å². The number of carbonyl (C=O) groups is 2. The fraction of sp³-hybridized carbons (Fsp3) is 0. The van der Waals surface area contributed by atoms with Crippen molar-refractivity contribution in [2.24, 2.45) is 5.73 Å². The van der Waals surface area contributed by atoms with Crippen molar-refractivity contribution in [3.63, 3.8) is 0 Å². The third kappa shape index (κ3) is 2.18. The van der Waals surface area contributed by atoms with E-state index in [1.165, 1.54) is 24.3 Å². The lowest BCUT2D eigenvalue weighted by Crippen LogP contribution is -2.18. The van der Waals surface area contributed by atoms with E-state index in [-0.39, 0.29) is 16.8 Å². The van der Waals surface area contributed by atoms with E-state index in [1.807, 2.05) is 0 Å². The summed E-state index contributed by atoms with van der Waals surface area (Å²) in [5.74, 6) is -1.14. The van der Waals surface area contributed by atoms with Gasteiger partial charge in [-0.1, -0.05) is 11.6 Å². The highest BCUT2D eigenvalue weighted by molar-refractivity contribution is 9.10. The maximum Gasteiger partial charge on any atom is 0.326 e.